The molecule has 0 aliphatic rings. The maximum atomic E-state index is 12.3. The number of hydrogen-bond acceptors (Lipinski definition) is 3. The second-order valence-electron chi connectivity index (χ2n) is 4.34. The number of ether oxygens (including phenoxy) is 1. The normalized spacial score (nSPS) is 12.6. The van der Waals surface area contributed by atoms with E-state index in [1.165, 1.54) is 4.88 Å². The van der Waals surface area contributed by atoms with Gasteiger partial charge in [-0.3, -0.25) is 0 Å². The molecule has 1 aromatic carbocycles. The number of halogens is 2. The predicted molar refractivity (Wildman–Crippen MR) is 77.3 cm³/mol. The van der Waals surface area contributed by atoms with E-state index in [1.807, 2.05) is 17.5 Å². The molecule has 20 heavy (non-hydrogen) atoms. The highest BCUT2D eigenvalue weighted by Crippen LogP contribution is 2.24. The third-order valence-corrected chi connectivity index (χ3v) is 4.01. The zero-order valence-electron chi connectivity index (χ0n) is 11.2. The van der Waals surface area contributed by atoms with E-state index in [9.17, 15) is 8.78 Å². The molecule has 0 saturated heterocycles. The molecule has 2 nitrogen and oxygen atoms in total. The van der Waals surface area contributed by atoms with Gasteiger partial charge in [0.15, 0.2) is 0 Å². The number of alkyl halides is 2. The van der Waals surface area contributed by atoms with Gasteiger partial charge in [-0.25, -0.2) is 0 Å². The van der Waals surface area contributed by atoms with Crippen LogP contribution in [0.4, 0.5) is 8.78 Å². The fourth-order valence-electron chi connectivity index (χ4n) is 2.03. The van der Waals surface area contributed by atoms with E-state index in [0.717, 1.165) is 12.0 Å². The number of nitrogens with one attached hydrogen (secondary N) is 1. The lowest BCUT2D eigenvalue weighted by Crippen LogP contribution is -2.20. The molecule has 0 radical (unpaired) electrons. The van der Waals surface area contributed by atoms with Gasteiger partial charge in [-0.2, -0.15) is 8.78 Å². The molecule has 1 N–H and O–H groups in total. The Morgan fingerprint density at radius 3 is 2.65 bits per heavy atom. The Labute approximate surface area is 121 Å². The zero-order valence-corrected chi connectivity index (χ0v) is 12.0. The van der Waals surface area contributed by atoms with Gasteiger partial charge in [-0.05, 0) is 23.9 Å². The molecule has 1 unspecified atom stereocenters. The van der Waals surface area contributed by atoms with E-state index in [4.69, 9.17) is 0 Å². The van der Waals surface area contributed by atoms with Crippen LogP contribution in [-0.4, -0.2) is 6.61 Å². The molecule has 5 heteroatoms. The summed E-state index contributed by atoms with van der Waals surface area (Å²) in [6.07, 6.45) is 0.943. The van der Waals surface area contributed by atoms with Gasteiger partial charge in [-0.1, -0.05) is 31.2 Å². The first-order valence-electron chi connectivity index (χ1n) is 6.50. The van der Waals surface area contributed by atoms with E-state index < -0.39 is 6.61 Å². The standard InChI is InChI=1S/C15H17F2NOS/c1-2-12(14-8-5-9-20-14)18-10-11-6-3-4-7-13(11)19-15(16)17/h3-9,12,15,18H,2,10H2,1H3. The molecule has 108 valence electrons. The minimum atomic E-state index is -2.80. The average molecular weight is 297 g/mol. The number of hydrogen-bond donors (Lipinski definition) is 1. The first-order chi connectivity index (χ1) is 9.70. The summed E-state index contributed by atoms with van der Waals surface area (Å²) >= 11 is 1.69. The van der Waals surface area contributed by atoms with Crippen LogP contribution in [0.5, 0.6) is 5.75 Å². The van der Waals surface area contributed by atoms with E-state index in [1.54, 1.807) is 29.5 Å². The summed E-state index contributed by atoms with van der Waals surface area (Å²) in [5.74, 6) is 0.232. The van der Waals surface area contributed by atoms with Crippen molar-refractivity contribution in [1.82, 2.24) is 5.32 Å². The third-order valence-electron chi connectivity index (χ3n) is 3.02. The topological polar surface area (TPSA) is 21.3 Å². The van der Waals surface area contributed by atoms with Crippen LogP contribution < -0.4 is 10.1 Å². The number of benzene rings is 1. The van der Waals surface area contributed by atoms with Crippen LogP contribution in [0, 0.1) is 0 Å². The molecule has 2 rings (SSSR count). The number of rotatable bonds is 7. The molecular formula is C15H17F2NOS. The van der Waals surface area contributed by atoms with Gasteiger partial charge in [-0.15, -0.1) is 11.3 Å². The SMILES string of the molecule is CCC(NCc1ccccc1OC(F)F)c1cccs1. The summed E-state index contributed by atoms with van der Waals surface area (Å²) < 4.78 is 29.2. The Balaban J connectivity index is 2.03. The van der Waals surface area contributed by atoms with Crippen molar-refractivity contribution in [3.63, 3.8) is 0 Å². The summed E-state index contributed by atoms with van der Waals surface area (Å²) in [7, 11) is 0. The molecule has 2 aromatic rings. The maximum absolute atomic E-state index is 12.3. The van der Waals surface area contributed by atoms with Gasteiger partial charge < -0.3 is 10.1 Å². The first kappa shape index (κ1) is 14.9. The summed E-state index contributed by atoms with van der Waals surface area (Å²) in [6.45, 7) is -0.200. The highest BCUT2D eigenvalue weighted by Gasteiger charge is 2.12. The van der Waals surface area contributed by atoms with Gasteiger partial charge >= 0.3 is 6.61 Å². The van der Waals surface area contributed by atoms with Crippen molar-refractivity contribution < 1.29 is 13.5 Å². The minimum Gasteiger partial charge on any atom is -0.434 e. The lowest BCUT2D eigenvalue weighted by molar-refractivity contribution is -0.0505. The molecule has 1 aromatic heterocycles. The lowest BCUT2D eigenvalue weighted by atomic mass is 10.1. The Bertz CT molecular complexity index is 516. The van der Waals surface area contributed by atoms with E-state index in [-0.39, 0.29) is 11.8 Å². The second kappa shape index (κ2) is 7.36. The van der Waals surface area contributed by atoms with E-state index >= 15 is 0 Å². The molecule has 1 heterocycles. The summed E-state index contributed by atoms with van der Waals surface area (Å²) in [5.41, 5.74) is 0.739. The minimum absolute atomic E-state index is 0.231. The summed E-state index contributed by atoms with van der Waals surface area (Å²) in [6, 6.07) is 11.2. The zero-order chi connectivity index (χ0) is 14.4. The third kappa shape index (κ3) is 4.02. The second-order valence-corrected chi connectivity index (χ2v) is 5.32. The summed E-state index contributed by atoms with van der Waals surface area (Å²) in [4.78, 5) is 1.25. The average Bonchev–Trinajstić information content (AvgIpc) is 2.95. The van der Waals surface area contributed by atoms with Crippen LogP contribution in [0.1, 0.15) is 29.8 Å². The molecule has 0 fully saturated rings. The van der Waals surface area contributed by atoms with Gasteiger partial charge in [0.1, 0.15) is 5.75 Å². The predicted octanol–water partition coefficient (Wildman–Crippen LogP) is 4.59. The van der Waals surface area contributed by atoms with Gasteiger partial charge in [0.25, 0.3) is 0 Å². The first-order valence-corrected chi connectivity index (χ1v) is 7.38. The molecule has 0 saturated carbocycles. The molecule has 0 spiro atoms. The fraction of sp³-hybridized carbons (Fsp3) is 0.333. The lowest BCUT2D eigenvalue weighted by Gasteiger charge is -2.17. The van der Waals surface area contributed by atoms with Crippen LogP contribution in [0.15, 0.2) is 41.8 Å². The molecule has 0 amide bonds. The van der Waals surface area contributed by atoms with Crippen LogP contribution in [0.25, 0.3) is 0 Å². The number of para-hydroxylation sites is 1. The molecular weight excluding hydrogens is 280 g/mol. The van der Waals surface area contributed by atoms with Crippen molar-refractivity contribution in [2.75, 3.05) is 0 Å². The van der Waals surface area contributed by atoms with Crippen molar-refractivity contribution in [3.8, 4) is 5.75 Å². The smallest absolute Gasteiger partial charge is 0.387 e. The van der Waals surface area contributed by atoms with E-state index in [2.05, 4.69) is 23.0 Å². The maximum Gasteiger partial charge on any atom is 0.387 e. The quantitative estimate of drug-likeness (QED) is 0.807. The highest BCUT2D eigenvalue weighted by molar-refractivity contribution is 7.10. The van der Waals surface area contributed by atoms with Crippen molar-refractivity contribution in [2.24, 2.45) is 0 Å². The van der Waals surface area contributed by atoms with Crippen molar-refractivity contribution >= 4 is 11.3 Å². The molecule has 0 bridgehead atoms. The highest BCUT2D eigenvalue weighted by atomic mass is 32.1. The Morgan fingerprint density at radius 2 is 2.00 bits per heavy atom. The van der Waals surface area contributed by atoms with Crippen LogP contribution in [-0.2, 0) is 6.54 Å². The fourth-order valence-corrected chi connectivity index (χ4v) is 2.92. The van der Waals surface area contributed by atoms with Gasteiger partial charge in [0.05, 0.1) is 0 Å². The monoisotopic (exact) mass is 297 g/mol. The van der Waals surface area contributed by atoms with Crippen LogP contribution in [0.3, 0.4) is 0 Å². The Morgan fingerprint density at radius 1 is 1.20 bits per heavy atom. The molecule has 1 atom stereocenters. The van der Waals surface area contributed by atoms with Crippen molar-refractivity contribution in [2.45, 2.75) is 32.5 Å². The Kier molecular flexibility index (Phi) is 5.49. The van der Waals surface area contributed by atoms with Crippen molar-refractivity contribution in [3.05, 3.63) is 52.2 Å². The molecule has 0 aliphatic heterocycles. The van der Waals surface area contributed by atoms with Crippen LogP contribution in [0.2, 0.25) is 0 Å². The Hall–Kier alpha value is -1.46. The van der Waals surface area contributed by atoms with Crippen molar-refractivity contribution in [1.29, 1.82) is 0 Å². The van der Waals surface area contributed by atoms with Crippen LogP contribution >= 0.6 is 11.3 Å². The van der Waals surface area contributed by atoms with Gasteiger partial charge in [0, 0.05) is 23.0 Å². The molecule has 0 aliphatic carbocycles. The van der Waals surface area contributed by atoms with E-state index in [0.29, 0.717) is 6.54 Å². The van der Waals surface area contributed by atoms with Gasteiger partial charge in [0.2, 0.25) is 0 Å². The largest absolute Gasteiger partial charge is 0.434 e. The summed E-state index contributed by atoms with van der Waals surface area (Å²) in [5, 5.41) is 5.42. The number of thiophene rings is 1.